The highest BCUT2D eigenvalue weighted by atomic mass is 16.5. The number of rotatable bonds is 7. The van der Waals surface area contributed by atoms with Crippen molar-refractivity contribution in [3.63, 3.8) is 0 Å². The Morgan fingerprint density at radius 3 is 2.79 bits per heavy atom. The van der Waals surface area contributed by atoms with Crippen LogP contribution in [0.4, 0.5) is 0 Å². The molecule has 4 nitrogen and oxygen atoms in total. The normalized spacial score (nSPS) is 12.0. The molecule has 1 aromatic rings. The van der Waals surface area contributed by atoms with Gasteiger partial charge in [0.2, 0.25) is 5.91 Å². The summed E-state index contributed by atoms with van der Waals surface area (Å²) in [6, 6.07) is 6.08. The van der Waals surface area contributed by atoms with E-state index in [0.717, 1.165) is 17.7 Å². The van der Waals surface area contributed by atoms with Gasteiger partial charge in [-0.3, -0.25) is 4.79 Å². The molecule has 1 atom stereocenters. The second kappa shape index (κ2) is 7.79. The number of carbonyl (C=O) groups is 1. The molecule has 0 aliphatic rings. The van der Waals surface area contributed by atoms with Crippen LogP contribution in [-0.4, -0.2) is 26.1 Å². The molecule has 0 aromatic heterocycles. The molecule has 0 saturated carbocycles. The van der Waals surface area contributed by atoms with Crippen LogP contribution in [0.2, 0.25) is 0 Å². The number of nitrogens with two attached hydrogens (primary N) is 1. The molecule has 0 radical (unpaired) electrons. The van der Waals surface area contributed by atoms with Crippen LogP contribution in [0.25, 0.3) is 0 Å². The number of carbonyl (C=O) groups excluding carboxylic acids is 1. The maximum atomic E-state index is 11.6. The predicted octanol–water partition coefficient (Wildman–Crippen LogP) is 1.65. The highest BCUT2D eigenvalue weighted by Crippen LogP contribution is 2.18. The minimum absolute atomic E-state index is 0.0724. The van der Waals surface area contributed by atoms with Crippen molar-refractivity contribution in [2.45, 2.75) is 26.7 Å². The average molecular weight is 264 g/mol. The summed E-state index contributed by atoms with van der Waals surface area (Å²) in [6.07, 6.45) is 1.33. The fourth-order valence-electron chi connectivity index (χ4n) is 1.91. The standard InChI is InChI=1S/C15H24N2O2/c1-11(10-16)8-15(18)17-7-6-13-4-5-14(19-3)12(2)9-13/h4-5,9,11H,6-8,10,16H2,1-3H3,(H,17,18). The summed E-state index contributed by atoms with van der Waals surface area (Å²) < 4.78 is 5.22. The molecule has 1 rings (SSSR count). The van der Waals surface area contributed by atoms with Crippen LogP contribution in [-0.2, 0) is 11.2 Å². The van der Waals surface area contributed by atoms with Gasteiger partial charge in [-0.25, -0.2) is 0 Å². The molecule has 1 aromatic carbocycles. The first-order valence-corrected chi connectivity index (χ1v) is 6.67. The molecule has 4 heteroatoms. The van der Waals surface area contributed by atoms with Gasteiger partial charge in [-0.2, -0.15) is 0 Å². The Kier molecular flexibility index (Phi) is 6.36. The molecule has 19 heavy (non-hydrogen) atoms. The second-order valence-corrected chi connectivity index (χ2v) is 4.95. The zero-order valence-corrected chi connectivity index (χ0v) is 12.0. The molecule has 0 spiro atoms. The fourth-order valence-corrected chi connectivity index (χ4v) is 1.91. The number of methoxy groups -OCH3 is 1. The van der Waals surface area contributed by atoms with E-state index < -0.39 is 0 Å². The highest BCUT2D eigenvalue weighted by Gasteiger charge is 2.07. The third-order valence-corrected chi connectivity index (χ3v) is 3.13. The average Bonchev–Trinajstić information content (AvgIpc) is 2.38. The Hall–Kier alpha value is -1.55. The Labute approximate surface area is 115 Å². The lowest BCUT2D eigenvalue weighted by Gasteiger charge is -2.10. The largest absolute Gasteiger partial charge is 0.496 e. The number of aryl methyl sites for hydroxylation is 1. The molecule has 0 fully saturated rings. The predicted molar refractivity (Wildman–Crippen MR) is 77.3 cm³/mol. The molecule has 0 saturated heterocycles. The molecule has 1 amide bonds. The summed E-state index contributed by atoms with van der Waals surface area (Å²) in [5.41, 5.74) is 7.81. The maximum absolute atomic E-state index is 11.6. The zero-order valence-electron chi connectivity index (χ0n) is 12.0. The number of amides is 1. The van der Waals surface area contributed by atoms with Gasteiger partial charge in [0, 0.05) is 13.0 Å². The van der Waals surface area contributed by atoms with Crippen molar-refractivity contribution in [3.8, 4) is 5.75 Å². The van der Waals surface area contributed by atoms with E-state index in [9.17, 15) is 4.79 Å². The first kappa shape index (κ1) is 15.5. The van der Waals surface area contributed by atoms with Gasteiger partial charge in [0.1, 0.15) is 5.75 Å². The number of hydrogen-bond acceptors (Lipinski definition) is 3. The lowest BCUT2D eigenvalue weighted by Crippen LogP contribution is -2.28. The van der Waals surface area contributed by atoms with Crippen LogP contribution in [0.1, 0.15) is 24.5 Å². The van der Waals surface area contributed by atoms with Gasteiger partial charge >= 0.3 is 0 Å². The van der Waals surface area contributed by atoms with Crippen LogP contribution in [0.15, 0.2) is 18.2 Å². The van der Waals surface area contributed by atoms with Crippen LogP contribution in [0, 0.1) is 12.8 Å². The van der Waals surface area contributed by atoms with Gasteiger partial charge < -0.3 is 15.8 Å². The van der Waals surface area contributed by atoms with Gasteiger partial charge in [-0.05, 0) is 43.0 Å². The van der Waals surface area contributed by atoms with E-state index in [4.69, 9.17) is 10.5 Å². The van der Waals surface area contributed by atoms with E-state index in [2.05, 4.69) is 11.4 Å². The number of ether oxygens (including phenoxy) is 1. The van der Waals surface area contributed by atoms with Gasteiger partial charge in [0.25, 0.3) is 0 Å². The van der Waals surface area contributed by atoms with Gasteiger partial charge in [-0.15, -0.1) is 0 Å². The molecule has 0 heterocycles. The lowest BCUT2D eigenvalue weighted by molar-refractivity contribution is -0.121. The quantitative estimate of drug-likeness (QED) is 0.787. The van der Waals surface area contributed by atoms with E-state index in [0.29, 0.717) is 19.5 Å². The minimum Gasteiger partial charge on any atom is -0.496 e. The SMILES string of the molecule is COc1ccc(CCNC(=O)CC(C)CN)cc1C. The monoisotopic (exact) mass is 264 g/mol. The smallest absolute Gasteiger partial charge is 0.220 e. The maximum Gasteiger partial charge on any atom is 0.220 e. The summed E-state index contributed by atoms with van der Waals surface area (Å²) >= 11 is 0. The van der Waals surface area contributed by atoms with Crippen molar-refractivity contribution in [1.29, 1.82) is 0 Å². The minimum atomic E-state index is 0.0724. The number of nitrogens with one attached hydrogen (secondary N) is 1. The van der Waals surface area contributed by atoms with Crippen molar-refractivity contribution in [1.82, 2.24) is 5.32 Å². The molecule has 0 bridgehead atoms. The van der Waals surface area contributed by atoms with E-state index in [1.165, 1.54) is 5.56 Å². The third-order valence-electron chi connectivity index (χ3n) is 3.13. The van der Waals surface area contributed by atoms with Gasteiger partial charge in [0.15, 0.2) is 0 Å². The molecule has 106 valence electrons. The van der Waals surface area contributed by atoms with E-state index >= 15 is 0 Å². The fraction of sp³-hybridized carbons (Fsp3) is 0.533. The summed E-state index contributed by atoms with van der Waals surface area (Å²) in [7, 11) is 1.67. The summed E-state index contributed by atoms with van der Waals surface area (Å²) in [6.45, 7) is 5.20. The summed E-state index contributed by atoms with van der Waals surface area (Å²) in [5, 5.41) is 2.92. The molecular formula is C15H24N2O2. The molecular weight excluding hydrogens is 240 g/mol. The van der Waals surface area contributed by atoms with Gasteiger partial charge in [0.05, 0.1) is 7.11 Å². The van der Waals surface area contributed by atoms with Crippen LogP contribution >= 0.6 is 0 Å². The Morgan fingerprint density at radius 1 is 1.47 bits per heavy atom. The van der Waals surface area contributed by atoms with Crippen LogP contribution in [0.5, 0.6) is 5.75 Å². The second-order valence-electron chi connectivity index (χ2n) is 4.95. The summed E-state index contributed by atoms with van der Waals surface area (Å²) in [4.78, 5) is 11.6. The first-order chi connectivity index (χ1) is 9.06. The Morgan fingerprint density at radius 2 is 2.21 bits per heavy atom. The van der Waals surface area contributed by atoms with E-state index in [1.54, 1.807) is 7.11 Å². The number of benzene rings is 1. The molecule has 0 aliphatic carbocycles. The van der Waals surface area contributed by atoms with E-state index in [1.807, 2.05) is 26.0 Å². The first-order valence-electron chi connectivity index (χ1n) is 6.67. The highest BCUT2D eigenvalue weighted by molar-refractivity contribution is 5.76. The molecule has 3 N–H and O–H groups in total. The van der Waals surface area contributed by atoms with Gasteiger partial charge in [-0.1, -0.05) is 19.1 Å². The van der Waals surface area contributed by atoms with Crippen LogP contribution in [0.3, 0.4) is 0 Å². The van der Waals surface area contributed by atoms with Crippen molar-refractivity contribution in [3.05, 3.63) is 29.3 Å². The van der Waals surface area contributed by atoms with Crippen molar-refractivity contribution in [2.75, 3.05) is 20.2 Å². The topological polar surface area (TPSA) is 64.3 Å². The third kappa shape index (κ3) is 5.30. The zero-order chi connectivity index (χ0) is 14.3. The Bertz CT molecular complexity index is 419. The van der Waals surface area contributed by atoms with Crippen molar-refractivity contribution < 1.29 is 9.53 Å². The van der Waals surface area contributed by atoms with E-state index in [-0.39, 0.29) is 11.8 Å². The molecule has 0 aliphatic heterocycles. The Balaban J connectivity index is 2.37. The van der Waals surface area contributed by atoms with Crippen molar-refractivity contribution >= 4 is 5.91 Å². The van der Waals surface area contributed by atoms with Crippen molar-refractivity contribution in [2.24, 2.45) is 11.7 Å². The van der Waals surface area contributed by atoms with Crippen LogP contribution < -0.4 is 15.8 Å². The summed E-state index contributed by atoms with van der Waals surface area (Å²) in [5.74, 6) is 1.20. The number of hydrogen-bond donors (Lipinski definition) is 2. The molecule has 1 unspecified atom stereocenters. The lowest BCUT2D eigenvalue weighted by atomic mass is 10.1.